The fourth-order valence-electron chi connectivity index (χ4n) is 3.59. The van der Waals surface area contributed by atoms with Crippen molar-refractivity contribution in [3.05, 3.63) is 71.9 Å². The van der Waals surface area contributed by atoms with Gasteiger partial charge in [-0.05, 0) is 68.2 Å². The Hall–Kier alpha value is -2.19. The third-order valence-electron chi connectivity index (χ3n) is 6.53. The highest BCUT2D eigenvalue weighted by molar-refractivity contribution is 7.90. The molecule has 0 aliphatic rings. The van der Waals surface area contributed by atoms with Crippen LogP contribution in [0.25, 0.3) is 17.0 Å². The van der Waals surface area contributed by atoms with E-state index in [2.05, 4.69) is 33.9 Å². The molecule has 1 N–H and O–H groups in total. The molecular formula is C27H37NO4SSi. The molecule has 0 atom stereocenters. The number of fused-ring (bicyclic) bond motifs is 1. The average Bonchev–Trinajstić information content (AvgIpc) is 3.06. The van der Waals surface area contributed by atoms with Gasteiger partial charge in [-0.2, -0.15) is 0 Å². The Balaban J connectivity index is 2.20. The molecule has 3 rings (SSSR count). The lowest BCUT2D eigenvalue weighted by molar-refractivity contribution is 0.134. The minimum atomic E-state index is -3.87. The highest BCUT2D eigenvalue weighted by Crippen LogP contribution is 2.37. The summed E-state index contributed by atoms with van der Waals surface area (Å²) in [4.78, 5) is 0.220. The normalized spacial score (nSPS) is 13.8. The molecule has 0 spiro atoms. The van der Waals surface area contributed by atoms with E-state index < -0.39 is 23.9 Å². The first-order valence-corrected chi connectivity index (χ1v) is 16.0. The Morgan fingerprint density at radius 3 is 2.15 bits per heavy atom. The van der Waals surface area contributed by atoms with Gasteiger partial charge in [0.05, 0.1) is 21.7 Å². The van der Waals surface area contributed by atoms with Crippen LogP contribution < -0.4 is 0 Å². The zero-order valence-electron chi connectivity index (χ0n) is 21.3. The van der Waals surface area contributed by atoms with Crippen molar-refractivity contribution in [3.63, 3.8) is 0 Å². The van der Waals surface area contributed by atoms with E-state index in [1.807, 2.05) is 24.3 Å². The number of hydrogen-bond donors (Lipinski definition) is 1. The molecule has 3 aromatic rings. The summed E-state index contributed by atoms with van der Waals surface area (Å²) in [5.41, 5.74) is 0.969. The van der Waals surface area contributed by atoms with Gasteiger partial charge in [0.1, 0.15) is 0 Å². The molecule has 0 amide bonds. The van der Waals surface area contributed by atoms with Crippen molar-refractivity contribution in [1.29, 1.82) is 0 Å². The molecule has 7 heteroatoms. The highest BCUT2D eigenvalue weighted by Gasteiger charge is 2.37. The standard InChI is InChI=1S/C27H37NO4SSi/c1-26(2,3)34(6,7)32-20-18-23-22-15-11-12-16-24(22)28(25(23)17-19-27(4,5)29)33(30,31)21-13-9-8-10-14-21/h8-17,19,29H,18,20H2,1-7H3/b19-17+. The lowest BCUT2D eigenvalue weighted by atomic mass is 10.1. The number of benzene rings is 2. The first-order chi connectivity index (χ1) is 15.7. The molecule has 0 unspecified atom stereocenters. The summed E-state index contributed by atoms with van der Waals surface area (Å²) in [7, 11) is -5.83. The van der Waals surface area contributed by atoms with E-state index in [1.165, 1.54) is 3.97 Å². The molecule has 0 saturated carbocycles. The van der Waals surface area contributed by atoms with Crippen molar-refractivity contribution in [2.24, 2.45) is 0 Å². The van der Waals surface area contributed by atoms with Crippen molar-refractivity contribution in [2.75, 3.05) is 6.61 Å². The third kappa shape index (κ3) is 5.54. The molecule has 0 aliphatic carbocycles. The molecule has 0 bridgehead atoms. The van der Waals surface area contributed by atoms with Gasteiger partial charge < -0.3 is 9.53 Å². The van der Waals surface area contributed by atoms with E-state index in [9.17, 15) is 13.5 Å². The summed E-state index contributed by atoms with van der Waals surface area (Å²) in [5, 5.41) is 11.3. The summed E-state index contributed by atoms with van der Waals surface area (Å²) in [6.07, 6.45) is 3.93. The van der Waals surface area contributed by atoms with Gasteiger partial charge in [-0.1, -0.05) is 63.2 Å². The van der Waals surface area contributed by atoms with Gasteiger partial charge in [0, 0.05) is 12.0 Å². The second kappa shape index (κ2) is 9.45. The van der Waals surface area contributed by atoms with E-state index in [4.69, 9.17) is 4.43 Å². The number of para-hydroxylation sites is 1. The van der Waals surface area contributed by atoms with Crippen molar-refractivity contribution in [1.82, 2.24) is 3.97 Å². The number of hydrogen-bond acceptors (Lipinski definition) is 4. The molecule has 184 valence electrons. The monoisotopic (exact) mass is 499 g/mol. The number of nitrogens with zero attached hydrogens (tertiary/aromatic N) is 1. The summed E-state index contributed by atoms with van der Waals surface area (Å²) < 4.78 is 35.5. The van der Waals surface area contributed by atoms with Crippen molar-refractivity contribution in [2.45, 2.75) is 69.7 Å². The van der Waals surface area contributed by atoms with Crippen LogP contribution in [0.15, 0.2) is 65.6 Å². The molecule has 34 heavy (non-hydrogen) atoms. The van der Waals surface area contributed by atoms with E-state index in [0.29, 0.717) is 24.2 Å². The van der Waals surface area contributed by atoms with Gasteiger partial charge in [-0.15, -0.1) is 0 Å². The van der Waals surface area contributed by atoms with Crippen LogP contribution in [0.5, 0.6) is 0 Å². The predicted molar refractivity (Wildman–Crippen MR) is 143 cm³/mol. The highest BCUT2D eigenvalue weighted by atomic mass is 32.2. The summed E-state index contributed by atoms with van der Waals surface area (Å²) >= 11 is 0. The Morgan fingerprint density at radius 1 is 0.971 bits per heavy atom. The Morgan fingerprint density at radius 2 is 1.56 bits per heavy atom. The van der Waals surface area contributed by atoms with E-state index in [1.54, 1.807) is 56.3 Å². The topological polar surface area (TPSA) is 68.5 Å². The van der Waals surface area contributed by atoms with Gasteiger partial charge >= 0.3 is 0 Å². The van der Waals surface area contributed by atoms with Crippen LogP contribution in [0.3, 0.4) is 0 Å². The minimum absolute atomic E-state index is 0.0846. The smallest absolute Gasteiger partial charge is 0.268 e. The van der Waals surface area contributed by atoms with E-state index in [0.717, 1.165) is 10.9 Å². The van der Waals surface area contributed by atoms with E-state index >= 15 is 0 Å². The van der Waals surface area contributed by atoms with Crippen LogP contribution in [-0.2, 0) is 20.9 Å². The SMILES string of the molecule is CC(C)(O)/C=C/c1c(CCO[Si](C)(C)C(C)(C)C)c2ccccc2n1S(=O)(=O)c1ccccc1. The minimum Gasteiger partial charge on any atom is -0.416 e. The van der Waals surface area contributed by atoms with Gasteiger partial charge in [-0.3, -0.25) is 0 Å². The maximum Gasteiger partial charge on any atom is 0.268 e. The first-order valence-electron chi connectivity index (χ1n) is 11.6. The third-order valence-corrected chi connectivity index (χ3v) is 12.8. The zero-order valence-corrected chi connectivity index (χ0v) is 23.1. The first kappa shape index (κ1) is 26.4. The lowest BCUT2D eigenvalue weighted by Gasteiger charge is -2.36. The van der Waals surface area contributed by atoms with E-state index in [-0.39, 0.29) is 9.93 Å². The molecule has 5 nitrogen and oxygen atoms in total. The fraction of sp³-hybridized carbons (Fsp3) is 0.407. The van der Waals surface area contributed by atoms with Crippen molar-refractivity contribution in [3.8, 4) is 0 Å². The lowest BCUT2D eigenvalue weighted by Crippen LogP contribution is -2.41. The van der Waals surface area contributed by atoms with Gasteiger partial charge in [0.15, 0.2) is 8.32 Å². The maximum atomic E-state index is 13.8. The molecule has 0 radical (unpaired) electrons. The van der Waals surface area contributed by atoms with Gasteiger partial charge in [0.2, 0.25) is 0 Å². The molecule has 0 fully saturated rings. The average molecular weight is 500 g/mol. The van der Waals surface area contributed by atoms with Gasteiger partial charge in [0.25, 0.3) is 10.0 Å². The van der Waals surface area contributed by atoms with Gasteiger partial charge in [-0.25, -0.2) is 12.4 Å². The summed E-state index contributed by atoms with van der Waals surface area (Å²) in [5.74, 6) is 0. The largest absolute Gasteiger partial charge is 0.416 e. The van der Waals surface area contributed by atoms with Crippen LogP contribution in [-0.4, -0.2) is 38.0 Å². The van der Waals surface area contributed by atoms with Crippen molar-refractivity contribution < 1.29 is 18.0 Å². The predicted octanol–water partition coefficient (Wildman–Crippen LogP) is 6.23. The molecule has 0 aliphatic heterocycles. The Bertz CT molecular complexity index is 1280. The van der Waals surface area contributed by atoms with Crippen LogP contribution in [0.4, 0.5) is 0 Å². The summed E-state index contributed by atoms with van der Waals surface area (Å²) in [6, 6.07) is 16.0. The molecular weight excluding hydrogens is 462 g/mol. The van der Waals surface area contributed by atoms with Crippen LogP contribution in [0, 0.1) is 0 Å². The van der Waals surface area contributed by atoms with Crippen LogP contribution in [0.1, 0.15) is 45.9 Å². The van der Waals surface area contributed by atoms with Crippen LogP contribution >= 0.6 is 0 Å². The van der Waals surface area contributed by atoms with Crippen molar-refractivity contribution >= 4 is 35.3 Å². The molecule has 0 saturated heterocycles. The Labute approximate surface area is 205 Å². The summed E-state index contributed by atoms with van der Waals surface area (Å²) in [6.45, 7) is 14.9. The molecule has 2 aromatic carbocycles. The molecule has 1 aromatic heterocycles. The quantitative estimate of drug-likeness (QED) is 0.373. The fourth-order valence-corrected chi connectivity index (χ4v) is 6.20. The zero-order chi connectivity index (χ0) is 25.4. The second-order valence-electron chi connectivity index (χ2n) is 10.8. The number of aliphatic hydroxyl groups is 1. The number of aromatic nitrogens is 1. The Kier molecular flexibility index (Phi) is 7.34. The second-order valence-corrected chi connectivity index (χ2v) is 17.4. The molecule has 1 heterocycles. The van der Waals surface area contributed by atoms with Crippen LogP contribution in [0.2, 0.25) is 18.1 Å². The maximum absolute atomic E-state index is 13.8. The number of rotatable bonds is 8.